The number of nitro groups is 1. The first-order valence-corrected chi connectivity index (χ1v) is 11.6. The number of carbonyl (C=O) groups excluding carboxylic acids is 1. The van der Waals surface area contributed by atoms with E-state index in [9.17, 15) is 23.3 Å². The standard InChI is InChI=1S/C21H25N3O6S/c1-22(2)17-9-7-16(8-10-17)13-23(18-11-12-31(28,29)15-18)21(25)14-30-20-6-4-3-5-19(20)24(26)27/h3-10,18H,11-15H2,1-2H3/t18-/m1/s1. The molecule has 166 valence electrons. The fraction of sp³-hybridized carbons (Fsp3) is 0.381. The van der Waals surface area contributed by atoms with Gasteiger partial charge >= 0.3 is 5.69 Å². The lowest BCUT2D eigenvalue weighted by atomic mass is 10.1. The molecule has 0 unspecified atom stereocenters. The first-order valence-electron chi connectivity index (χ1n) is 9.78. The molecule has 0 spiro atoms. The molecule has 3 rings (SSSR count). The van der Waals surface area contributed by atoms with E-state index < -0.39 is 33.3 Å². The van der Waals surface area contributed by atoms with Crippen molar-refractivity contribution < 1.29 is 22.9 Å². The van der Waals surface area contributed by atoms with Gasteiger partial charge < -0.3 is 14.5 Å². The van der Waals surface area contributed by atoms with Gasteiger partial charge in [-0.25, -0.2) is 8.42 Å². The minimum absolute atomic E-state index is 0.00446. The lowest BCUT2D eigenvalue weighted by molar-refractivity contribution is -0.385. The predicted octanol–water partition coefficient (Wildman–Crippen LogP) is 2.26. The molecule has 1 aliphatic heterocycles. The molecule has 1 amide bonds. The van der Waals surface area contributed by atoms with E-state index in [1.165, 1.54) is 23.1 Å². The van der Waals surface area contributed by atoms with E-state index in [-0.39, 0.29) is 29.5 Å². The molecule has 1 atom stereocenters. The zero-order valence-electron chi connectivity index (χ0n) is 17.4. The SMILES string of the molecule is CN(C)c1ccc(CN(C(=O)COc2ccccc2[N+](=O)[O-])[C@@H]2CCS(=O)(=O)C2)cc1. The van der Waals surface area contributed by atoms with Crippen molar-refractivity contribution in [2.45, 2.75) is 19.0 Å². The Morgan fingerprint density at radius 2 is 1.84 bits per heavy atom. The third-order valence-corrected chi connectivity index (χ3v) is 6.94. The highest BCUT2D eigenvalue weighted by Crippen LogP contribution is 2.26. The van der Waals surface area contributed by atoms with Crippen LogP contribution in [0.1, 0.15) is 12.0 Å². The van der Waals surface area contributed by atoms with Gasteiger partial charge in [-0.3, -0.25) is 14.9 Å². The number of hydrogen-bond donors (Lipinski definition) is 0. The molecule has 2 aromatic carbocycles. The Morgan fingerprint density at radius 3 is 2.42 bits per heavy atom. The highest BCUT2D eigenvalue weighted by molar-refractivity contribution is 7.91. The van der Waals surface area contributed by atoms with Crippen LogP contribution in [0.2, 0.25) is 0 Å². The third-order valence-electron chi connectivity index (χ3n) is 5.19. The molecule has 2 aromatic rings. The summed E-state index contributed by atoms with van der Waals surface area (Å²) in [6.45, 7) is -0.190. The van der Waals surface area contributed by atoms with Gasteiger partial charge in [-0.15, -0.1) is 0 Å². The summed E-state index contributed by atoms with van der Waals surface area (Å²) in [5.74, 6) is -0.487. The van der Waals surface area contributed by atoms with Crippen LogP contribution >= 0.6 is 0 Å². The van der Waals surface area contributed by atoms with E-state index in [1.54, 1.807) is 6.07 Å². The van der Waals surface area contributed by atoms with Crippen molar-refractivity contribution in [3.63, 3.8) is 0 Å². The molecule has 0 radical (unpaired) electrons. The van der Waals surface area contributed by atoms with Crippen LogP contribution in [0.3, 0.4) is 0 Å². The van der Waals surface area contributed by atoms with Crippen LogP contribution in [0.5, 0.6) is 5.75 Å². The molecule has 1 aliphatic rings. The first kappa shape index (κ1) is 22.5. The van der Waals surface area contributed by atoms with Crippen LogP contribution in [0.4, 0.5) is 11.4 Å². The van der Waals surface area contributed by atoms with Crippen LogP contribution in [-0.4, -0.2) is 62.4 Å². The van der Waals surface area contributed by atoms with E-state index in [2.05, 4.69) is 0 Å². The van der Waals surface area contributed by atoms with Crippen LogP contribution in [0.15, 0.2) is 48.5 Å². The predicted molar refractivity (Wildman–Crippen MR) is 117 cm³/mol. The van der Waals surface area contributed by atoms with Gasteiger partial charge in [-0.2, -0.15) is 0 Å². The molecule has 9 nitrogen and oxygen atoms in total. The Morgan fingerprint density at radius 1 is 1.16 bits per heavy atom. The Bertz CT molecular complexity index is 1050. The summed E-state index contributed by atoms with van der Waals surface area (Å²) >= 11 is 0. The molecular formula is C21H25N3O6S. The third kappa shape index (κ3) is 5.72. The van der Waals surface area contributed by atoms with Crippen molar-refractivity contribution in [1.82, 2.24) is 4.90 Å². The molecular weight excluding hydrogens is 422 g/mol. The Balaban J connectivity index is 1.77. The van der Waals surface area contributed by atoms with Gasteiger partial charge in [0.1, 0.15) is 0 Å². The van der Waals surface area contributed by atoms with Crippen LogP contribution in [0, 0.1) is 10.1 Å². The lowest BCUT2D eigenvalue weighted by Gasteiger charge is -2.28. The number of benzene rings is 2. The van der Waals surface area contributed by atoms with Crippen molar-refractivity contribution in [3.8, 4) is 5.75 Å². The number of carbonyl (C=O) groups is 1. The van der Waals surface area contributed by atoms with Crippen molar-refractivity contribution in [3.05, 3.63) is 64.2 Å². The summed E-state index contributed by atoms with van der Waals surface area (Å²) in [6, 6.07) is 13.0. The second-order valence-corrected chi connectivity index (χ2v) is 9.88. The van der Waals surface area contributed by atoms with Crippen molar-refractivity contribution in [2.24, 2.45) is 0 Å². The van der Waals surface area contributed by atoms with E-state index in [1.807, 2.05) is 43.3 Å². The fourth-order valence-corrected chi connectivity index (χ4v) is 5.22. The van der Waals surface area contributed by atoms with Crippen molar-refractivity contribution >= 4 is 27.1 Å². The molecule has 1 saturated heterocycles. The van der Waals surface area contributed by atoms with E-state index >= 15 is 0 Å². The second kappa shape index (κ2) is 9.34. The van der Waals surface area contributed by atoms with Gasteiger partial charge in [0, 0.05) is 38.4 Å². The van der Waals surface area contributed by atoms with Gasteiger partial charge in [-0.05, 0) is 30.2 Å². The number of nitro benzene ring substituents is 1. The Kier molecular flexibility index (Phi) is 6.79. The Hall–Kier alpha value is -3.14. The van der Waals surface area contributed by atoms with Gasteiger partial charge in [0.05, 0.1) is 16.4 Å². The largest absolute Gasteiger partial charge is 0.477 e. The molecule has 0 aliphatic carbocycles. The normalized spacial score (nSPS) is 17.2. The summed E-state index contributed by atoms with van der Waals surface area (Å²) in [4.78, 5) is 27.0. The smallest absolute Gasteiger partial charge is 0.310 e. The molecule has 0 aromatic heterocycles. The molecule has 0 N–H and O–H groups in total. The average molecular weight is 448 g/mol. The fourth-order valence-electron chi connectivity index (χ4n) is 3.49. The molecule has 0 bridgehead atoms. The van der Waals surface area contributed by atoms with E-state index in [0.717, 1.165) is 11.3 Å². The minimum Gasteiger partial charge on any atom is -0.477 e. The number of ether oxygens (including phenoxy) is 1. The summed E-state index contributed by atoms with van der Waals surface area (Å²) in [5.41, 5.74) is 1.63. The van der Waals surface area contributed by atoms with E-state index in [4.69, 9.17) is 4.74 Å². The molecule has 1 heterocycles. The summed E-state index contributed by atoms with van der Waals surface area (Å²) in [5, 5.41) is 11.2. The molecule has 31 heavy (non-hydrogen) atoms. The lowest BCUT2D eigenvalue weighted by Crippen LogP contribution is -2.43. The van der Waals surface area contributed by atoms with Gasteiger partial charge in [0.15, 0.2) is 22.2 Å². The number of anilines is 1. The highest BCUT2D eigenvalue weighted by atomic mass is 32.2. The van der Waals surface area contributed by atoms with Gasteiger partial charge in [0.25, 0.3) is 5.91 Å². The van der Waals surface area contributed by atoms with Crippen LogP contribution in [0.25, 0.3) is 0 Å². The van der Waals surface area contributed by atoms with Crippen LogP contribution in [-0.2, 0) is 21.2 Å². The Labute approximate surface area is 181 Å². The molecule has 1 fully saturated rings. The number of rotatable bonds is 8. The number of para-hydroxylation sites is 2. The summed E-state index contributed by atoms with van der Waals surface area (Å²) in [7, 11) is 0.650. The number of hydrogen-bond acceptors (Lipinski definition) is 7. The van der Waals surface area contributed by atoms with Crippen molar-refractivity contribution in [2.75, 3.05) is 37.1 Å². The van der Waals surface area contributed by atoms with Crippen molar-refractivity contribution in [1.29, 1.82) is 0 Å². The zero-order valence-corrected chi connectivity index (χ0v) is 18.2. The van der Waals surface area contributed by atoms with Gasteiger partial charge in [0.2, 0.25) is 0 Å². The maximum atomic E-state index is 13.0. The maximum absolute atomic E-state index is 13.0. The average Bonchev–Trinajstić information content (AvgIpc) is 3.10. The second-order valence-electron chi connectivity index (χ2n) is 7.65. The quantitative estimate of drug-likeness (QED) is 0.451. The molecule has 0 saturated carbocycles. The topological polar surface area (TPSA) is 110 Å². The number of sulfone groups is 1. The monoisotopic (exact) mass is 447 g/mol. The molecule has 10 heteroatoms. The number of amides is 1. The summed E-state index contributed by atoms with van der Waals surface area (Å²) in [6.07, 6.45) is 0.356. The first-order chi connectivity index (χ1) is 14.7. The van der Waals surface area contributed by atoms with Gasteiger partial charge in [-0.1, -0.05) is 24.3 Å². The zero-order chi connectivity index (χ0) is 22.6. The van der Waals surface area contributed by atoms with E-state index in [0.29, 0.717) is 6.42 Å². The minimum atomic E-state index is -3.20. The maximum Gasteiger partial charge on any atom is 0.310 e. The number of nitrogens with zero attached hydrogens (tertiary/aromatic N) is 3. The summed E-state index contributed by atoms with van der Waals surface area (Å²) < 4.78 is 29.4. The highest BCUT2D eigenvalue weighted by Gasteiger charge is 2.35. The van der Waals surface area contributed by atoms with Crippen LogP contribution < -0.4 is 9.64 Å².